The lowest BCUT2D eigenvalue weighted by molar-refractivity contribution is -0.156. The molecule has 112 valence electrons. The summed E-state index contributed by atoms with van der Waals surface area (Å²) in [6.07, 6.45) is 12.3. The minimum atomic E-state index is -0.914. The number of esters is 1. The average Bonchev–Trinajstić information content (AvgIpc) is 2.39. The molecule has 1 N–H and O–H groups in total. The van der Waals surface area contributed by atoms with Crippen molar-refractivity contribution in [3.05, 3.63) is 0 Å². The van der Waals surface area contributed by atoms with Crippen LogP contribution in [0.5, 0.6) is 0 Å². The fraction of sp³-hybridized carbons (Fsp3) is 0.938. The van der Waals surface area contributed by atoms with E-state index in [-0.39, 0.29) is 5.92 Å². The first-order chi connectivity index (χ1) is 9.25. The molecule has 1 fully saturated rings. The molecule has 0 saturated heterocycles. The summed E-state index contributed by atoms with van der Waals surface area (Å²) in [5.74, 6) is -0.335. The molecule has 0 heterocycles. The number of ether oxygens (including phenoxy) is 1. The van der Waals surface area contributed by atoms with Crippen molar-refractivity contribution in [3.63, 3.8) is 0 Å². The van der Waals surface area contributed by atoms with Gasteiger partial charge in [0.1, 0.15) is 0 Å². The molecule has 0 aromatic carbocycles. The van der Waals surface area contributed by atoms with Crippen LogP contribution in [0, 0.1) is 5.92 Å². The molecule has 0 amide bonds. The minimum Gasteiger partial charge on any atom is -0.464 e. The molecule has 1 unspecified atom stereocenters. The highest BCUT2D eigenvalue weighted by molar-refractivity contribution is 5.74. The van der Waals surface area contributed by atoms with Crippen LogP contribution in [0.1, 0.15) is 77.6 Å². The van der Waals surface area contributed by atoms with Gasteiger partial charge in [0, 0.05) is 0 Å². The summed E-state index contributed by atoms with van der Waals surface area (Å²) in [5.41, 5.74) is 0. The molecule has 0 radical (unpaired) electrons. The van der Waals surface area contributed by atoms with Crippen LogP contribution in [0.2, 0.25) is 0 Å². The Morgan fingerprint density at radius 1 is 1.00 bits per heavy atom. The highest BCUT2D eigenvalue weighted by atomic mass is 16.5. The van der Waals surface area contributed by atoms with E-state index in [0.717, 1.165) is 25.7 Å². The van der Waals surface area contributed by atoms with E-state index in [0.29, 0.717) is 6.61 Å². The van der Waals surface area contributed by atoms with Crippen LogP contribution in [-0.2, 0) is 9.53 Å². The molecule has 0 aliphatic heterocycles. The second-order valence-electron chi connectivity index (χ2n) is 5.72. The number of aliphatic hydroxyl groups is 1. The van der Waals surface area contributed by atoms with Crippen molar-refractivity contribution in [2.45, 2.75) is 83.7 Å². The van der Waals surface area contributed by atoms with Crippen molar-refractivity contribution in [2.75, 3.05) is 6.61 Å². The van der Waals surface area contributed by atoms with Crippen molar-refractivity contribution >= 4 is 5.97 Å². The third-order valence-corrected chi connectivity index (χ3v) is 4.12. The van der Waals surface area contributed by atoms with Gasteiger partial charge in [-0.2, -0.15) is 0 Å². The van der Waals surface area contributed by atoms with Crippen molar-refractivity contribution in [3.8, 4) is 0 Å². The van der Waals surface area contributed by atoms with Gasteiger partial charge in [-0.1, -0.05) is 57.8 Å². The molecule has 0 spiro atoms. The largest absolute Gasteiger partial charge is 0.464 e. The van der Waals surface area contributed by atoms with Crippen molar-refractivity contribution in [1.29, 1.82) is 0 Å². The van der Waals surface area contributed by atoms with Gasteiger partial charge in [-0.3, -0.25) is 0 Å². The molecule has 19 heavy (non-hydrogen) atoms. The topological polar surface area (TPSA) is 46.5 Å². The molecule has 1 aliphatic rings. The summed E-state index contributed by atoms with van der Waals surface area (Å²) in [4.78, 5) is 11.6. The molecular formula is C16H30O3. The molecule has 1 saturated carbocycles. The Balaban J connectivity index is 2.43. The van der Waals surface area contributed by atoms with E-state index in [1.807, 2.05) is 0 Å². The van der Waals surface area contributed by atoms with E-state index in [1.165, 1.54) is 44.9 Å². The molecule has 0 bridgehead atoms. The average molecular weight is 270 g/mol. The van der Waals surface area contributed by atoms with Crippen molar-refractivity contribution in [1.82, 2.24) is 0 Å². The van der Waals surface area contributed by atoms with Gasteiger partial charge in [-0.15, -0.1) is 0 Å². The number of carbonyl (C=O) groups is 1. The number of aliphatic hydroxyl groups excluding tert-OH is 1. The summed E-state index contributed by atoms with van der Waals surface area (Å²) in [6.45, 7) is 2.13. The molecule has 3 nitrogen and oxygen atoms in total. The Hall–Kier alpha value is -0.570. The Morgan fingerprint density at radius 3 is 1.84 bits per heavy atom. The van der Waals surface area contributed by atoms with Gasteiger partial charge in [0.15, 0.2) is 6.10 Å². The minimum absolute atomic E-state index is 0.0958. The predicted molar refractivity (Wildman–Crippen MR) is 76.9 cm³/mol. The maximum atomic E-state index is 11.6. The second kappa shape index (κ2) is 10.2. The number of hydrogen-bond acceptors (Lipinski definition) is 3. The van der Waals surface area contributed by atoms with E-state index < -0.39 is 12.1 Å². The van der Waals surface area contributed by atoms with Gasteiger partial charge in [-0.25, -0.2) is 4.79 Å². The van der Waals surface area contributed by atoms with Crippen LogP contribution in [0.4, 0.5) is 0 Å². The van der Waals surface area contributed by atoms with Crippen LogP contribution in [0.25, 0.3) is 0 Å². The highest BCUT2D eigenvalue weighted by Crippen LogP contribution is 2.24. The summed E-state index contributed by atoms with van der Waals surface area (Å²) in [6, 6.07) is 0. The van der Waals surface area contributed by atoms with Gasteiger partial charge in [0.2, 0.25) is 0 Å². The maximum Gasteiger partial charge on any atom is 0.335 e. The Kier molecular flexibility index (Phi) is 8.89. The highest BCUT2D eigenvalue weighted by Gasteiger charge is 2.26. The van der Waals surface area contributed by atoms with E-state index in [9.17, 15) is 9.90 Å². The quantitative estimate of drug-likeness (QED) is 0.793. The SMILES string of the molecule is CCOC(=O)C(O)C1CCCCCCCCCCC1. The third-order valence-electron chi connectivity index (χ3n) is 4.12. The lowest BCUT2D eigenvalue weighted by Gasteiger charge is -2.22. The van der Waals surface area contributed by atoms with E-state index in [4.69, 9.17) is 4.74 Å². The van der Waals surface area contributed by atoms with Gasteiger partial charge in [-0.05, 0) is 25.7 Å². The second-order valence-corrected chi connectivity index (χ2v) is 5.72. The van der Waals surface area contributed by atoms with Gasteiger partial charge < -0.3 is 9.84 Å². The molecule has 3 heteroatoms. The maximum absolute atomic E-state index is 11.6. The summed E-state index contributed by atoms with van der Waals surface area (Å²) in [7, 11) is 0. The fourth-order valence-electron chi connectivity index (χ4n) is 2.93. The standard InChI is InChI=1S/C16H30O3/c1-2-19-16(18)15(17)14-12-10-8-6-4-3-5-7-9-11-13-14/h14-15,17H,2-13H2,1H3. The third kappa shape index (κ3) is 6.95. The van der Waals surface area contributed by atoms with Crippen LogP contribution in [0.3, 0.4) is 0 Å². The smallest absolute Gasteiger partial charge is 0.335 e. The van der Waals surface area contributed by atoms with E-state index in [1.54, 1.807) is 6.92 Å². The molecule has 1 rings (SSSR count). The molecule has 0 aromatic rings. The van der Waals surface area contributed by atoms with Gasteiger partial charge in [0.25, 0.3) is 0 Å². The number of carbonyl (C=O) groups excluding carboxylic acids is 1. The zero-order chi connectivity index (χ0) is 13.9. The molecule has 1 atom stereocenters. The molecular weight excluding hydrogens is 240 g/mol. The molecule has 0 aromatic heterocycles. The number of hydrogen-bond donors (Lipinski definition) is 1. The first kappa shape index (κ1) is 16.5. The Labute approximate surface area is 117 Å². The Morgan fingerprint density at radius 2 is 1.42 bits per heavy atom. The van der Waals surface area contributed by atoms with E-state index in [2.05, 4.69) is 0 Å². The van der Waals surface area contributed by atoms with Gasteiger partial charge >= 0.3 is 5.97 Å². The first-order valence-electron chi connectivity index (χ1n) is 8.10. The summed E-state index contributed by atoms with van der Waals surface area (Å²) >= 11 is 0. The van der Waals surface area contributed by atoms with E-state index >= 15 is 0 Å². The van der Waals surface area contributed by atoms with Crippen LogP contribution in [0.15, 0.2) is 0 Å². The monoisotopic (exact) mass is 270 g/mol. The van der Waals surface area contributed by atoms with Crippen molar-refractivity contribution in [2.24, 2.45) is 5.92 Å². The normalized spacial score (nSPS) is 22.0. The van der Waals surface area contributed by atoms with Crippen molar-refractivity contribution < 1.29 is 14.6 Å². The lowest BCUT2D eigenvalue weighted by Crippen LogP contribution is -2.31. The number of rotatable bonds is 3. The summed E-state index contributed by atoms with van der Waals surface area (Å²) in [5, 5.41) is 10.1. The fourth-order valence-corrected chi connectivity index (χ4v) is 2.93. The summed E-state index contributed by atoms with van der Waals surface area (Å²) < 4.78 is 4.94. The first-order valence-corrected chi connectivity index (χ1v) is 8.10. The van der Waals surface area contributed by atoms with Crippen LogP contribution < -0.4 is 0 Å². The zero-order valence-corrected chi connectivity index (χ0v) is 12.4. The Bertz CT molecular complexity index is 228. The van der Waals surface area contributed by atoms with Gasteiger partial charge in [0.05, 0.1) is 6.61 Å². The molecule has 1 aliphatic carbocycles. The van der Waals surface area contributed by atoms with Crippen LogP contribution in [-0.4, -0.2) is 23.8 Å². The predicted octanol–water partition coefficient (Wildman–Crippen LogP) is 3.83. The van der Waals surface area contributed by atoms with Crippen LogP contribution >= 0.6 is 0 Å². The zero-order valence-electron chi connectivity index (χ0n) is 12.4. The lowest BCUT2D eigenvalue weighted by atomic mass is 9.89.